The van der Waals surface area contributed by atoms with Crippen molar-refractivity contribution in [3.05, 3.63) is 41.0 Å². The van der Waals surface area contributed by atoms with E-state index in [2.05, 4.69) is 15.3 Å². The minimum absolute atomic E-state index is 0.338. The van der Waals surface area contributed by atoms with E-state index in [4.69, 9.17) is 0 Å². The summed E-state index contributed by atoms with van der Waals surface area (Å²) in [5, 5.41) is 12.9. The van der Waals surface area contributed by atoms with Crippen molar-refractivity contribution in [3.63, 3.8) is 0 Å². The minimum atomic E-state index is 0.338. The lowest BCUT2D eigenvalue weighted by Gasteiger charge is -2.10. The Hall–Kier alpha value is -1.97. The van der Waals surface area contributed by atoms with E-state index >= 15 is 0 Å². The first-order valence-corrected chi connectivity index (χ1v) is 5.61. The molecule has 0 saturated carbocycles. The minimum Gasteiger partial charge on any atom is -0.508 e. The number of aromatic nitrogens is 2. The van der Waals surface area contributed by atoms with Crippen molar-refractivity contribution in [2.75, 3.05) is 5.32 Å². The van der Waals surface area contributed by atoms with Gasteiger partial charge in [0.05, 0.1) is 18.4 Å². The number of rotatable bonds is 3. The number of hydrogen-bond acceptors (Lipinski definition) is 3. The molecule has 4 nitrogen and oxygen atoms in total. The number of H-pyrrole nitrogens is 1. The van der Waals surface area contributed by atoms with Gasteiger partial charge in [-0.3, -0.25) is 0 Å². The van der Waals surface area contributed by atoms with Gasteiger partial charge in [0.2, 0.25) is 0 Å². The van der Waals surface area contributed by atoms with Crippen molar-refractivity contribution in [2.45, 2.75) is 27.3 Å². The molecule has 1 aromatic heterocycles. The van der Waals surface area contributed by atoms with Crippen LogP contribution in [-0.4, -0.2) is 15.1 Å². The fourth-order valence-electron chi connectivity index (χ4n) is 1.74. The van der Waals surface area contributed by atoms with Gasteiger partial charge in [0, 0.05) is 5.69 Å². The maximum absolute atomic E-state index is 9.57. The Kier molecular flexibility index (Phi) is 3.04. The summed E-state index contributed by atoms with van der Waals surface area (Å²) >= 11 is 0. The molecule has 0 aliphatic heterocycles. The van der Waals surface area contributed by atoms with Crippen LogP contribution in [-0.2, 0) is 6.54 Å². The predicted molar refractivity (Wildman–Crippen MR) is 68.2 cm³/mol. The summed E-state index contributed by atoms with van der Waals surface area (Å²) in [5.41, 5.74) is 3.99. The first-order valence-electron chi connectivity index (χ1n) is 5.61. The number of benzene rings is 1. The SMILES string of the molecule is Cc1ncc(CNc2cc(C)c(O)cc2C)[nH]1. The van der Waals surface area contributed by atoms with Gasteiger partial charge in [-0.25, -0.2) is 4.98 Å². The summed E-state index contributed by atoms with van der Waals surface area (Å²) in [6.45, 7) is 6.49. The lowest BCUT2D eigenvalue weighted by molar-refractivity contribution is 0.471. The van der Waals surface area contributed by atoms with Crippen LogP contribution in [0.1, 0.15) is 22.6 Å². The number of phenolic OH excluding ortho intramolecular Hbond substituents is 1. The lowest BCUT2D eigenvalue weighted by Crippen LogP contribution is -2.01. The molecule has 0 amide bonds. The fourth-order valence-corrected chi connectivity index (χ4v) is 1.74. The summed E-state index contributed by atoms with van der Waals surface area (Å²) in [6, 6.07) is 3.73. The Morgan fingerprint density at radius 2 is 2.00 bits per heavy atom. The highest BCUT2D eigenvalue weighted by atomic mass is 16.3. The van der Waals surface area contributed by atoms with Crippen molar-refractivity contribution < 1.29 is 5.11 Å². The van der Waals surface area contributed by atoms with Gasteiger partial charge in [-0.1, -0.05) is 0 Å². The van der Waals surface area contributed by atoms with Crippen LogP contribution in [0, 0.1) is 20.8 Å². The van der Waals surface area contributed by atoms with Crippen LogP contribution in [0.2, 0.25) is 0 Å². The van der Waals surface area contributed by atoms with Crippen LogP contribution in [0.4, 0.5) is 5.69 Å². The quantitative estimate of drug-likeness (QED) is 0.712. The Balaban J connectivity index is 2.11. The molecule has 0 fully saturated rings. The Bertz CT molecular complexity index is 531. The normalized spacial score (nSPS) is 10.5. The topological polar surface area (TPSA) is 60.9 Å². The highest BCUT2D eigenvalue weighted by Gasteiger charge is 2.04. The van der Waals surface area contributed by atoms with E-state index in [0.29, 0.717) is 12.3 Å². The third-order valence-electron chi connectivity index (χ3n) is 2.77. The second-order valence-electron chi connectivity index (χ2n) is 4.30. The number of nitrogens with zero attached hydrogens (tertiary/aromatic N) is 1. The summed E-state index contributed by atoms with van der Waals surface area (Å²) < 4.78 is 0. The van der Waals surface area contributed by atoms with E-state index in [9.17, 15) is 5.11 Å². The fraction of sp³-hybridized carbons (Fsp3) is 0.308. The molecule has 0 radical (unpaired) electrons. The maximum Gasteiger partial charge on any atom is 0.118 e. The molecule has 17 heavy (non-hydrogen) atoms. The molecule has 2 rings (SSSR count). The molecular formula is C13H17N3O. The van der Waals surface area contributed by atoms with Crippen LogP contribution >= 0.6 is 0 Å². The number of phenols is 1. The first kappa shape index (κ1) is 11.5. The average molecular weight is 231 g/mol. The van der Waals surface area contributed by atoms with Crippen LogP contribution < -0.4 is 5.32 Å². The van der Waals surface area contributed by atoms with Gasteiger partial charge in [-0.05, 0) is 44.0 Å². The van der Waals surface area contributed by atoms with Crippen LogP contribution in [0.25, 0.3) is 0 Å². The molecule has 0 unspecified atom stereocenters. The standard InChI is InChI=1S/C13H17N3O/c1-8-5-13(17)9(2)4-12(8)15-7-11-6-14-10(3)16-11/h4-6,15,17H,7H2,1-3H3,(H,14,16). The average Bonchev–Trinajstić information content (AvgIpc) is 2.68. The molecule has 0 spiro atoms. The van der Waals surface area contributed by atoms with Crippen LogP contribution in [0.3, 0.4) is 0 Å². The monoisotopic (exact) mass is 231 g/mol. The van der Waals surface area contributed by atoms with E-state index in [1.165, 1.54) is 0 Å². The van der Waals surface area contributed by atoms with E-state index in [-0.39, 0.29) is 0 Å². The molecule has 90 valence electrons. The van der Waals surface area contributed by atoms with Gasteiger partial charge < -0.3 is 15.4 Å². The Labute approximate surface area is 101 Å². The number of imidazole rings is 1. The largest absolute Gasteiger partial charge is 0.508 e. The summed E-state index contributed by atoms with van der Waals surface area (Å²) in [7, 11) is 0. The van der Waals surface area contributed by atoms with Gasteiger partial charge in [-0.15, -0.1) is 0 Å². The highest BCUT2D eigenvalue weighted by molar-refractivity contribution is 5.56. The number of aromatic amines is 1. The number of aryl methyl sites for hydroxylation is 3. The van der Waals surface area contributed by atoms with Gasteiger partial charge in [-0.2, -0.15) is 0 Å². The summed E-state index contributed by atoms with van der Waals surface area (Å²) in [5.74, 6) is 1.26. The van der Waals surface area contributed by atoms with E-state index in [0.717, 1.165) is 28.3 Å². The van der Waals surface area contributed by atoms with Crippen molar-refractivity contribution in [3.8, 4) is 5.75 Å². The van der Waals surface area contributed by atoms with Crippen LogP contribution in [0.15, 0.2) is 18.3 Å². The molecule has 0 aliphatic rings. The molecule has 0 saturated heterocycles. The molecule has 0 aliphatic carbocycles. The number of anilines is 1. The first-order chi connectivity index (χ1) is 8.06. The zero-order chi connectivity index (χ0) is 12.4. The Morgan fingerprint density at radius 3 is 2.65 bits per heavy atom. The second kappa shape index (κ2) is 4.49. The van der Waals surface area contributed by atoms with E-state index in [1.54, 1.807) is 6.07 Å². The number of aromatic hydroxyl groups is 1. The number of nitrogens with one attached hydrogen (secondary N) is 2. The van der Waals surface area contributed by atoms with Crippen molar-refractivity contribution in [1.29, 1.82) is 0 Å². The summed E-state index contributed by atoms with van der Waals surface area (Å²) in [4.78, 5) is 7.32. The molecule has 1 aromatic carbocycles. The lowest BCUT2D eigenvalue weighted by atomic mass is 10.1. The third-order valence-corrected chi connectivity index (χ3v) is 2.77. The molecule has 3 N–H and O–H groups in total. The van der Waals surface area contributed by atoms with Crippen molar-refractivity contribution >= 4 is 5.69 Å². The van der Waals surface area contributed by atoms with E-state index in [1.807, 2.05) is 33.0 Å². The number of hydrogen-bond donors (Lipinski definition) is 3. The maximum atomic E-state index is 9.57. The molecular weight excluding hydrogens is 214 g/mol. The highest BCUT2D eigenvalue weighted by Crippen LogP contribution is 2.25. The van der Waals surface area contributed by atoms with Gasteiger partial charge in [0.25, 0.3) is 0 Å². The molecule has 4 heteroatoms. The Morgan fingerprint density at radius 1 is 1.24 bits per heavy atom. The van der Waals surface area contributed by atoms with Crippen molar-refractivity contribution in [1.82, 2.24) is 9.97 Å². The third kappa shape index (κ3) is 2.58. The van der Waals surface area contributed by atoms with Gasteiger partial charge in [0.1, 0.15) is 11.6 Å². The van der Waals surface area contributed by atoms with E-state index < -0.39 is 0 Å². The smallest absolute Gasteiger partial charge is 0.118 e. The second-order valence-corrected chi connectivity index (χ2v) is 4.30. The summed E-state index contributed by atoms with van der Waals surface area (Å²) in [6.07, 6.45) is 1.82. The van der Waals surface area contributed by atoms with Gasteiger partial charge >= 0.3 is 0 Å². The van der Waals surface area contributed by atoms with Crippen molar-refractivity contribution in [2.24, 2.45) is 0 Å². The zero-order valence-electron chi connectivity index (χ0n) is 10.3. The van der Waals surface area contributed by atoms with Gasteiger partial charge in [0.15, 0.2) is 0 Å². The molecule has 1 heterocycles. The molecule has 2 aromatic rings. The zero-order valence-corrected chi connectivity index (χ0v) is 10.3. The predicted octanol–water partition coefficient (Wildman–Crippen LogP) is 2.65. The molecule has 0 atom stereocenters. The van der Waals surface area contributed by atoms with Crippen LogP contribution in [0.5, 0.6) is 5.75 Å². The molecule has 0 bridgehead atoms.